The zero-order chi connectivity index (χ0) is 14.9. The summed E-state index contributed by atoms with van der Waals surface area (Å²) in [7, 11) is 0. The predicted molar refractivity (Wildman–Crippen MR) is 84.6 cm³/mol. The van der Waals surface area contributed by atoms with Gasteiger partial charge in [-0.05, 0) is 25.7 Å². The van der Waals surface area contributed by atoms with Crippen molar-refractivity contribution in [3.63, 3.8) is 0 Å². The number of carbonyl (C=O) groups is 1. The Morgan fingerprint density at radius 1 is 1.41 bits per heavy atom. The van der Waals surface area contributed by atoms with Crippen LogP contribution in [0.1, 0.15) is 37.1 Å². The number of hydrogen-bond donors (Lipinski definition) is 1. The van der Waals surface area contributed by atoms with Crippen LogP contribution in [0.2, 0.25) is 0 Å². The number of thiazole rings is 1. The monoisotopic (exact) mass is 321 g/mol. The molecule has 3 atom stereocenters. The van der Waals surface area contributed by atoms with E-state index in [0.29, 0.717) is 18.7 Å². The van der Waals surface area contributed by atoms with Gasteiger partial charge in [-0.3, -0.25) is 9.69 Å². The van der Waals surface area contributed by atoms with Crippen LogP contribution in [-0.4, -0.2) is 47.1 Å². The van der Waals surface area contributed by atoms with Crippen molar-refractivity contribution in [1.29, 1.82) is 0 Å². The molecule has 0 aromatic carbocycles. The lowest BCUT2D eigenvalue weighted by atomic mass is 9.84. The van der Waals surface area contributed by atoms with Gasteiger partial charge in [0.25, 0.3) is 0 Å². The second kappa shape index (κ2) is 6.26. The molecule has 6 heteroatoms. The molecule has 1 saturated carbocycles. The molecule has 0 radical (unpaired) electrons. The number of hydrogen-bond acceptors (Lipinski definition) is 5. The Labute approximate surface area is 135 Å². The minimum Gasteiger partial charge on any atom is -0.370 e. The number of nitrogens with zero attached hydrogens (tertiary/aromatic N) is 2. The summed E-state index contributed by atoms with van der Waals surface area (Å²) in [4.78, 5) is 18.7. The summed E-state index contributed by atoms with van der Waals surface area (Å²) < 4.78 is 6.14. The standard InChI is InChI=1S/C16H23N3O2S/c20-16(11-2-1-3-11)18-8-12-4-5-13-14(21-12)9-19(13)10-15-17-6-7-22-15/h6-7,11-14H,1-5,8-10H2,(H,18,20)/t12-,13+,14+/m1/s1. The molecule has 2 aliphatic heterocycles. The predicted octanol–water partition coefficient (Wildman–Crippen LogP) is 1.79. The Morgan fingerprint density at radius 2 is 2.32 bits per heavy atom. The van der Waals surface area contributed by atoms with E-state index >= 15 is 0 Å². The zero-order valence-corrected chi connectivity index (χ0v) is 13.6. The van der Waals surface area contributed by atoms with Crippen molar-refractivity contribution in [2.45, 2.75) is 56.9 Å². The lowest BCUT2D eigenvalue weighted by Crippen LogP contribution is -2.64. The van der Waals surface area contributed by atoms with Crippen LogP contribution in [0.3, 0.4) is 0 Å². The lowest BCUT2D eigenvalue weighted by molar-refractivity contribution is -0.170. The minimum absolute atomic E-state index is 0.201. The van der Waals surface area contributed by atoms with Crippen molar-refractivity contribution in [3.8, 4) is 0 Å². The van der Waals surface area contributed by atoms with Gasteiger partial charge < -0.3 is 10.1 Å². The summed E-state index contributed by atoms with van der Waals surface area (Å²) in [6, 6.07) is 0.544. The highest BCUT2D eigenvalue weighted by atomic mass is 32.1. The third-order valence-electron chi connectivity index (χ3n) is 5.27. The van der Waals surface area contributed by atoms with Crippen molar-refractivity contribution in [3.05, 3.63) is 16.6 Å². The number of likely N-dealkylation sites (tertiary alicyclic amines) is 1. The second-order valence-corrected chi connectivity index (χ2v) is 7.65. The van der Waals surface area contributed by atoms with E-state index in [1.54, 1.807) is 11.3 Å². The molecule has 0 bridgehead atoms. The van der Waals surface area contributed by atoms with Crippen LogP contribution in [0.25, 0.3) is 0 Å². The van der Waals surface area contributed by atoms with E-state index in [0.717, 1.165) is 32.4 Å². The van der Waals surface area contributed by atoms with E-state index in [1.165, 1.54) is 17.8 Å². The molecule has 0 spiro atoms. The van der Waals surface area contributed by atoms with Crippen LogP contribution in [0.15, 0.2) is 11.6 Å². The van der Waals surface area contributed by atoms with Crippen molar-refractivity contribution in [2.75, 3.05) is 13.1 Å². The molecule has 3 aliphatic rings. The van der Waals surface area contributed by atoms with Gasteiger partial charge in [0, 0.05) is 36.6 Å². The van der Waals surface area contributed by atoms with Crippen molar-refractivity contribution in [2.24, 2.45) is 5.92 Å². The molecule has 22 heavy (non-hydrogen) atoms. The van der Waals surface area contributed by atoms with Crippen LogP contribution in [0, 0.1) is 5.92 Å². The highest BCUT2D eigenvalue weighted by Gasteiger charge is 2.44. The van der Waals surface area contributed by atoms with Gasteiger partial charge in [0.2, 0.25) is 5.91 Å². The fraction of sp³-hybridized carbons (Fsp3) is 0.750. The average Bonchev–Trinajstić information content (AvgIpc) is 2.94. The third kappa shape index (κ3) is 2.92. The van der Waals surface area contributed by atoms with Gasteiger partial charge in [-0.2, -0.15) is 0 Å². The molecule has 1 aromatic heterocycles. The van der Waals surface area contributed by atoms with Crippen molar-refractivity contribution < 1.29 is 9.53 Å². The van der Waals surface area contributed by atoms with Crippen LogP contribution >= 0.6 is 11.3 Å². The van der Waals surface area contributed by atoms with Crippen molar-refractivity contribution in [1.82, 2.24) is 15.2 Å². The first-order valence-corrected chi connectivity index (χ1v) is 9.23. The third-order valence-corrected chi connectivity index (χ3v) is 6.03. The normalized spacial score (nSPS) is 31.9. The molecule has 0 unspecified atom stereocenters. The van der Waals surface area contributed by atoms with Crippen LogP contribution in [-0.2, 0) is 16.1 Å². The number of fused-ring (bicyclic) bond motifs is 1. The first-order chi connectivity index (χ1) is 10.8. The summed E-state index contributed by atoms with van der Waals surface area (Å²) in [5, 5.41) is 6.30. The van der Waals surface area contributed by atoms with Gasteiger partial charge in [-0.15, -0.1) is 11.3 Å². The molecule has 1 aromatic rings. The first kappa shape index (κ1) is 14.6. The Bertz CT molecular complexity index is 517. The molecule has 3 fully saturated rings. The summed E-state index contributed by atoms with van der Waals surface area (Å²) in [6.07, 6.45) is 7.96. The Balaban J connectivity index is 1.20. The highest BCUT2D eigenvalue weighted by Crippen LogP contribution is 2.33. The molecule has 1 N–H and O–H groups in total. The summed E-state index contributed by atoms with van der Waals surface area (Å²) in [5.74, 6) is 0.504. The maximum Gasteiger partial charge on any atom is 0.223 e. The van der Waals surface area contributed by atoms with E-state index in [1.807, 2.05) is 11.6 Å². The van der Waals surface area contributed by atoms with E-state index in [-0.39, 0.29) is 17.9 Å². The second-order valence-electron chi connectivity index (χ2n) is 6.67. The van der Waals surface area contributed by atoms with Gasteiger partial charge in [-0.1, -0.05) is 6.42 Å². The molecule has 120 valence electrons. The number of amides is 1. The summed E-state index contributed by atoms with van der Waals surface area (Å²) in [6.45, 7) is 2.63. The Kier molecular flexibility index (Phi) is 4.15. The number of nitrogens with one attached hydrogen (secondary N) is 1. The lowest BCUT2D eigenvalue weighted by Gasteiger charge is -2.52. The maximum absolute atomic E-state index is 11.9. The number of carbonyl (C=O) groups excluding carboxylic acids is 1. The fourth-order valence-electron chi connectivity index (χ4n) is 3.63. The highest BCUT2D eigenvalue weighted by molar-refractivity contribution is 7.09. The number of aromatic nitrogens is 1. The Morgan fingerprint density at radius 3 is 3.00 bits per heavy atom. The van der Waals surface area contributed by atoms with Gasteiger partial charge >= 0.3 is 0 Å². The van der Waals surface area contributed by atoms with E-state index < -0.39 is 0 Å². The average molecular weight is 321 g/mol. The van der Waals surface area contributed by atoms with Gasteiger partial charge in [0.15, 0.2) is 0 Å². The number of ether oxygens (including phenoxy) is 1. The molecule has 3 heterocycles. The molecular formula is C16H23N3O2S. The quantitative estimate of drug-likeness (QED) is 0.898. The minimum atomic E-state index is 0.201. The topological polar surface area (TPSA) is 54.5 Å². The molecule has 4 rings (SSSR count). The SMILES string of the molecule is O=C(NC[C@H]1CC[C@H]2[C@H](CN2Cc2nccs2)O1)C1CCC1. The van der Waals surface area contributed by atoms with E-state index in [4.69, 9.17) is 4.74 Å². The smallest absolute Gasteiger partial charge is 0.223 e. The maximum atomic E-state index is 11.9. The Hall–Kier alpha value is -0.980. The number of rotatable bonds is 5. The van der Waals surface area contributed by atoms with Crippen molar-refractivity contribution >= 4 is 17.2 Å². The van der Waals surface area contributed by atoms with Gasteiger partial charge in [0.05, 0.1) is 18.8 Å². The molecule has 2 saturated heterocycles. The van der Waals surface area contributed by atoms with Gasteiger partial charge in [0.1, 0.15) is 5.01 Å². The molecule has 1 aliphatic carbocycles. The zero-order valence-electron chi connectivity index (χ0n) is 12.7. The van der Waals surface area contributed by atoms with Crippen LogP contribution in [0.5, 0.6) is 0 Å². The summed E-state index contributed by atoms with van der Waals surface area (Å²) in [5.41, 5.74) is 0. The molecule has 5 nitrogen and oxygen atoms in total. The van der Waals surface area contributed by atoms with Crippen LogP contribution in [0.4, 0.5) is 0 Å². The van der Waals surface area contributed by atoms with Gasteiger partial charge in [-0.25, -0.2) is 4.98 Å². The van der Waals surface area contributed by atoms with E-state index in [9.17, 15) is 4.79 Å². The fourth-order valence-corrected chi connectivity index (χ4v) is 4.27. The van der Waals surface area contributed by atoms with Crippen LogP contribution < -0.4 is 5.32 Å². The first-order valence-electron chi connectivity index (χ1n) is 8.35. The molecule has 1 amide bonds. The molecular weight excluding hydrogens is 298 g/mol. The largest absolute Gasteiger partial charge is 0.370 e. The summed E-state index contributed by atoms with van der Waals surface area (Å²) >= 11 is 1.72. The van der Waals surface area contributed by atoms with E-state index in [2.05, 4.69) is 15.2 Å².